The summed E-state index contributed by atoms with van der Waals surface area (Å²) in [7, 11) is 0. The van der Waals surface area contributed by atoms with Crippen LogP contribution in [0.5, 0.6) is 0 Å². The highest BCUT2D eigenvalue weighted by Gasteiger charge is 2.32. The van der Waals surface area contributed by atoms with Crippen LogP contribution < -0.4 is 20.9 Å². The van der Waals surface area contributed by atoms with Gasteiger partial charge in [0.15, 0.2) is 28.7 Å². The maximum Gasteiger partial charge on any atom is 0.246 e. The van der Waals surface area contributed by atoms with Gasteiger partial charge in [-0.2, -0.15) is 10.2 Å². The maximum atomic E-state index is 14.5. The van der Waals surface area contributed by atoms with Crippen molar-refractivity contribution >= 4 is 34.6 Å². The molecule has 3 fully saturated rings. The number of morpholine rings is 1. The Bertz CT molecular complexity index is 2820. The van der Waals surface area contributed by atoms with Crippen LogP contribution in [0.15, 0.2) is 73.3 Å². The fourth-order valence-electron chi connectivity index (χ4n) is 8.45. The van der Waals surface area contributed by atoms with E-state index in [1.54, 1.807) is 23.0 Å². The molecule has 3 saturated heterocycles. The minimum Gasteiger partial charge on any atom is -0.372 e. The molecule has 65 heavy (non-hydrogen) atoms. The summed E-state index contributed by atoms with van der Waals surface area (Å²) in [5, 5.41) is 19.7. The average Bonchev–Trinajstić information content (AvgIpc) is 4.18. The number of ketones is 1. The number of benzene rings is 2. The van der Waals surface area contributed by atoms with Gasteiger partial charge >= 0.3 is 0 Å². The molecule has 17 nitrogen and oxygen atoms in total. The van der Waals surface area contributed by atoms with Crippen LogP contribution in [0.1, 0.15) is 72.5 Å². The van der Waals surface area contributed by atoms with E-state index in [0.29, 0.717) is 97.9 Å². The predicted octanol–water partition coefficient (Wildman–Crippen LogP) is 5.40. The number of amides is 1. The Balaban J connectivity index is 0.000000154. The first-order valence-electron chi connectivity index (χ1n) is 20.9. The monoisotopic (exact) mass is 897 g/mol. The molecule has 1 amide bonds. The highest BCUT2D eigenvalue weighted by molar-refractivity contribution is 6.02. The molecule has 21 heteroatoms. The summed E-state index contributed by atoms with van der Waals surface area (Å²) in [4.78, 5) is 35.6. The van der Waals surface area contributed by atoms with E-state index in [2.05, 4.69) is 30.7 Å². The van der Waals surface area contributed by atoms with Gasteiger partial charge in [0.1, 0.15) is 48.1 Å². The van der Waals surface area contributed by atoms with Gasteiger partial charge in [0.2, 0.25) is 5.91 Å². The lowest BCUT2D eigenvalue weighted by atomic mass is 10.0. The van der Waals surface area contributed by atoms with E-state index < -0.39 is 23.3 Å². The molecule has 0 radical (unpaired) electrons. The minimum atomic E-state index is -0.469. The maximum absolute atomic E-state index is 14.5. The standard InChI is InChI=1S/C21H19F2N7O.C18H17F2N5O.C4H7NO2.CH4/c22-13-3-4-16(23)14(10-13)17-2-1-6-28(17)18-5-7-30-20(25-18)15(11-24-30)21-27-26-19-12-31-9-8-29(19)21;19-11-3-4-14(20)12(8-11)15-2-1-6-24(15)17-5-7-25-18(23-17)13(10-22-25)16(26)9-21;6-4-3-7-2-1-5-4;/h3-5,7,10-11,17H,1-2,6,8-9,12H2;3-5,7-8,10,15H,1-2,6,9,21H2;1-3H2,(H,5,6);1H4. The number of carbonyl (C=O) groups is 2. The summed E-state index contributed by atoms with van der Waals surface area (Å²) in [5.74, 6) is 0.760. The van der Waals surface area contributed by atoms with Crippen molar-refractivity contribution in [3.8, 4) is 11.4 Å². The number of rotatable bonds is 7. The van der Waals surface area contributed by atoms with Gasteiger partial charge in [-0.25, -0.2) is 36.6 Å². The second-order valence-electron chi connectivity index (χ2n) is 15.4. The third-order valence-electron chi connectivity index (χ3n) is 11.5. The molecule has 4 aliphatic heterocycles. The van der Waals surface area contributed by atoms with Gasteiger partial charge in [-0.3, -0.25) is 9.59 Å². The lowest BCUT2D eigenvalue weighted by molar-refractivity contribution is -0.128. The minimum absolute atomic E-state index is 0. The van der Waals surface area contributed by atoms with Crippen molar-refractivity contribution in [2.24, 2.45) is 5.73 Å². The number of carbonyl (C=O) groups excluding carboxylic acids is 2. The number of nitrogens with zero attached hydrogens (tertiary/aromatic N) is 11. The number of ether oxygens (including phenoxy) is 2. The highest BCUT2D eigenvalue weighted by atomic mass is 19.1. The second kappa shape index (κ2) is 19.5. The molecule has 2 unspecified atom stereocenters. The first kappa shape index (κ1) is 44.8. The van der Waals surface area contributed by atoms with E-state index in [0.717, 1.165) is 48.8 Å². The van der Waals surface area contributed by atoms with Crippen LogP contribution in [0.3, 0.4) is 0 Å². The first-order chi connectivity index (χ1) is 31.2. The summed E-state index contributed by atoms with van der Waals surface area (Å²) < 4.78 is 71.6. The molecule has 4 aliphatic rings. The number of fused-ring (bicyclic) bond motifs is 3. The SMILES string of the molecule is C.Fc1ccc(F)c(C2CCCN2c2ccn3ncc(-c4nnc5n4CCOC5)c3n2)c1.NCC(=O)c1cnn2ccc(N3CCCC3c3cc(F)ccc3F)nc12.O=C1COCCN1. The summed E-state index contributed by atoms with van der Waals surface area (Å²) in [6.07, 6.45) is 9.83. The van der Waals surface area contributed by atoms with Crippen molar-refractivity contribution in [1.29, 1.82) is 0 Å². The van der Waals surface area contributed by atoms with Gasteiger partial charge in [-0.1, -0.05) is 7.43 Å². The lowest BCUT2D eigenvalue weighted by Crippen LogP contribution is -2.36. The van der Waals surface area contributed by atoms with Gasteiger partial charge in [0.25, 0.3) is 0 Å². The molecule has 5 aromatic heterocycles. The van der Waals surface area contributed by atoms with Gasteiger partial charge in [-0.05, 0) is 74.2 Å². The molecule has 3 N–H and O–H groups in total. The molecule has 0 saturated carbocycles. The Kier molecular flexibility index (Phi) is 13.4. The van der Waals surface area contributed by atoms with Gasteiger partial charge in [0.05, 0.1) is 55.4 Å². The second-order valence-corrected chi connectivity index (χ2v) is 15.4. The summed E-state index contributed by atoms with van der Waals surface area (Å²) in [6, 6.07) is 10.1. The van der Waals surface area contributed by atoms with E-state index in [9.17, 15) is 27.2 Å². The third kappa shape index (κ3) is 9.24. The van der Waals surface area contributed by atoms with Crippen molar-refractivity contribution in [3.05, 3.63) is 119 Å². The van der Waals surface area contributed by atoms with Crippen LogP contribution in [-0.2, 0) is 27.4 Å². The van der Waals surface area contributed by atoms with E-state index in [1.807, 2.05) is 26.6 Å². The predicted molar refractivity (Wildman–Crippen MR) is 230 cm³/mol. The number of aromatic nitrogens is 9. The number of anilines is 2. The molecule has 2 aromatic carbocycles. The van der Waals surface area contributed by atoms with Crippen molar-refractivity contribution < 1.29 is 36.6 Å². The van der Waals surface area contributed by atoms with Crippen LogP contribution in [0.25, 0.3) is 22.7 Å². The Labute approximate surface area is 370 Å². The molecule has 0 aliphatic carbocycles. The van der Waals surface area contributed by atoms with Crippen molar-refractivity contribution in [2.45, 2.75) is 58.3 Å². The fraction of sp³-hybridized carbons (Fsp3) is 0.364. The Hall–Kier alpha value is -6.84. The molecular weight excluding hydrogens is 851 g/mol. The Morgan fingerprint density at radius 2 is 1.35 bits per heavy atom. The molecular formula is C44H47F4N13O4. The average molecular weight is 898 g/mol. The zero-order valence-electron chi connectivity index (χ0n) is 34.4. The molecule has 7 aromatic rings. The van der Waals surface area contributed by atoms with E-state index >= 15 is 0 Å². The topological polar surface area (TPSA) is 188 Å². The number of halogens is 4. The van der Waals surface area contributed by atoms with E-state index in [1.165, 1.54) is 28.9 Å². The number of hydrogen-bond donors (Lipinski definition) is 2. The molecule has 2 atom stereocenters. The van der Waals surface area contributed by atoms with Gasteiger partial charge in [-0.15, -0.1) is 10.2 Å². The van der Waals surface area contributed by atoms with Crippen LogP contribution >= 0.6 is 0 Å². The molecule has 0 bridgehead atoms. The molecule has 9 heterocycles. The summed E-state index contributed by atoms with van der Waals surface area (Å²) in [5.41, 5.74) is 8.29. The number of nitrogens with two attached hydrogens (primary N) is 1. The zero-order valence-corrected chi connectivity index (χ0v) is 34.4. The van der Waals surface area contributed by atoms with Crippen molar-refractivity contribution in [2.75, 3.05) is 55.8 Å². The van der Waals surface area contributed by atoms with Gasteiger partial charge in [0, 0.05) is 49.7 Å². The smallest absolute Gasteiger partial charge is 0.246 e. The quantitative estimate of drug-likeness (QED) is 0.153. The van der Waals surface area contributed by atoms with Crippen LogP contribution in [0.4, 0.5) is 29.2 Å². The number of hydrogen-bond acceptors (Lipinski definition) is 13. The van der Waals surface area contributed by atoms with Crippen LogP contribution in [0.2, 0.25) is 0 Å². The molecule has 11 rings (SSSR count). The third-order valence-corrected chi connectivity index (χ3v) is 11.5. The summed E-state index contributed by atoms with van der Waals surface area (Å²) in [6.45, 7) is 4.51. The highest BCUT2D eigenvalue weighted by Crippen LogP contribution is 2.39. The fourth-order valence-corrected chi connectivity index (χ4v) is 8.45. The number of nitrogens with one attached hydrogen (secondary N) is 1. The molecule has 0 spiro atoms. The van der Waals surface area contributed by atoms with E-state index in [-0.39, 0.29) is 44.4 Å². The van der Waals surface area contributed by atoms with E-state index in [4.69, 9.17) is 20.2 Å². The Morgan fingerprint density at radius 1 is 0.754 bits per heavy atom. The lowest BCUT2D eigenvalue weighted by Gasteiger charge is -2.26. The molecule has 340 valence electrons. The first-order valence-corrected chi connectivity index (χ1v) is 20.9. The van der Waals surface area contributed by atoms with Crippen molar-refractivity contribution in [3.63, 3.8) is 0 Å². The Morgan fingerprint density at radius 3 is 1.94 bits per heavy atom. The largest absolute Gasteiger partial charge is 0.372 e. The zero-order chi connectivity index (χ0) is 44.3. The van der Waals surface area contributed by atoms with Crippen LogP contribution in [-0.4, -0.2) is 102 Å². The summed E-state index contributed by atoms with van der Waals surface area (Å²) >= 11 is 0. The van der Waals surface area contributed by atoms with Gasteiger partial charge < -0.3 is 34.9 Å². The van der Waals surface area contributed by atoms with Crippen LogP contribution in [0, 0.1) is 23.3 Å². The normalized spacial score (nSPS) is 18.1. The number of Topliss-reactive ketones (excluding diaryl/α,β-unsaturated/α-hetero) is 1. The van der Waals surface area contributed by atoms with Crippen molar-refractivity contribution in [1.82, 2.24) is 49.3 Å².